The highest BCUT2D eigenvalue weighted by molar-refractivity contribution is 8.00. The van der Waals surface area contributed by atoms with E-state index in [1.807, 2.05) is 36.4 Å². The van der Waals surface area contributed by atoms with E-state index in [9.17, 15) is 9.59 Å². The Morgan fingerprint density at radius 2 is 1.82 bits per heavy atom. The topological polar surface area (TPSA) is 72.0 Å². The number of hydrogen-bond donors (Lipinski definition) is 1. The summed E-state index contributed by atoms with van der Waals surface area (Å²) < 4.78 is 5.46. The van der Waals surface area contributed by atoms with Crippen LogP contribution in [0.25, 0.3) is 21.7 Å². The molecule has 0 saturated carbocycles. The van der Waals surface area contributed by atoms with Gasteiger partial charge in [0.25, 0.3) is 5.56 Å². The van der Waals surface area contributed by atoms with Gasteiger partial charge in [-0.2, -0.15) is 0 Å². The number of nitrogens with zero attached hydrogens (tertiary/aromatic N) is 1. The number of aromatic nitrogens is 2. The molecule has 0 aliphatic heterocycles. The predicted octanol–water partition coefficient (Wildman–Crippen LogP) is 4.47. The van der Waals surface area contributed by atoms with Crippen molar-refractivity contribution >= 4 is 39.4 Å². The minimum absolute atomic E-state index is 0.181. The zero-order valence-corrected chi connectivity index (χ0v) is 16.0. The third-order valence-corrected chi connectivity index (χ3v) is 5.37. The van der Waals surface area contributed by atoms with Gasteiger partial charge < -0.3 is 9.72 Å². The van der Waals surface area contributed by atoms with Crippen LogP contribution in [0, 0.1) is 0 Å². The number of carbonyl (C=O) groups excluding carboxylic acids is 1. The number of carbonyl (C=O) groups is 1. The quantitative estimate of drug-likeness (QED) is 0.402. The van der Waals surface area contributed by atoms with E-state index in [2.05, 4.69) is 22.1 Å². The van der Waals surface area contributed by atoms with Gasteiger partial charge in [0.15, 0.2) is 11.9 Å². The number of ether oxygens (including phenoxy) is 1. The van der Waals surface area contributed by atoms with Crippen LogP contribution < -0.4 is 5.56 Å². The number of para-hydroxylation sites is 1. The van der Waals surface area contributed by atoms with Crippen molar-refractivity contribution in [2.24, 2.45) is 0 Å². The van der Waals surface area contributed by atoms with E-state index in [0.29, 0.717) is 16.7 Å². The number of H-pyrrole nitrogens is 1. The highest BCUT2D eigenvalue weighted by atomic mass is 32.2. The molecule has 28 heavy (non-hydrogen) atoms. The van der Waals surface area contributed by atoms with Crippen LogP contribution in [0.2, 0.25) is 0 Å². The summed E-state index contributed by atoms with van der Waals surface area (Å²) in [5.74, 6) is 0.162. The molecule has 4 aromatic rings. The second-order valence-corrected chi connectivity index (χ2v) is 7.45. The number of hydrogen-bond acceptors (Lipinski definition) is 5. The molecule has 0 fully saturated rings. The standard InChI is InChI=1S/C22H18N2O3S/c1-14(21-23-19-9-5-4-8-18(19)22(26)24-21)27-20(25)13-28-17-11-10-15-6-2-3-7-16(15)12-17/h2-12,14H,13H2,1H3,(H,23,24,26). The zero-order chi connectivity index (χ0) is 19.5. The highest BCUT2D eigenvalue weighted by Crippen LogP contribution is 2.24. The summed E-state index contributed by atoms with van der Waals surface area (Å²) in [5.41, 5.74) is 0.337. The average molecular weight is 390 g/mol. The Labute approximate surface area is 165 Å². The van der Waals surface area contributed by atoms with Crippen molar-refractivity contribution in [3.63, 3.8) is 0 Å². The molecule has 0 aliphatic rings. The summed E-state index contributed by atoms with van der Waals surface area (Å²) in [4.78, 5) is 32.5. The Morgan fingerprint density at radius 1 is 1.07 bits per heavy atom. The molecule has 1 heterocycles. The fraction of sp³-hybridized carbons (Fsp3) is 0.136. The van der Waals surface area contributed by atoms with E-state index in [1.165, 1.54) is 11.8 Å². The summed E-state index contributed by atoms with van der Waals surface area (Å²) in [7, 11) is 0. The number of rotatable bonds is 5. The molecule has 1 unspecified atom stereocenters. The van der Waals surface area contributed by atoms with E-state index < -0.39 is 6.10 Å². The van der Waals surface area contributed by atoms with Gasteiger partial charge in [0.1, 0.15) is 0 Å². The van der Waals surface area contributed by atoms with Crippen LogP contribution in [0.4, 0.5) is 0 Å². The summed E-state index contributed by atoms with van der Waals surface area (Å²) >= 11 is 1.42. The lowest BCUT2D eigenvalue weighted by Gasteiger charge is -2.13. The first kappa shape index (κ1) is 18.3. The number of benzene rings is 3. The summed E-state index contributed by atoms with van der Waals surface area (Å²) in [6.07, 6.45) is -0.637. The van der Waals surface area contributed by atoms with Crippen molar-refractivity contribution in [1.82, 2.24) is 9.97 Å². The smallest absolute Gasteiger partial charge is 0.316 e. The maximum absolute atomic E-state index is 12.2. The molecule has 1 N–H and O–H groups in total. The van der Waals surface area contributed by atoms with Crippen LogP contribution in [0.15, 0.2) is 76.4 Å². The van der Waals surface area contributed by atoms with Crippen molar-refractivity contribution in [2.45, 2.75) is 17.9 Å². The molecule has 0 spiro atoms. The Morgan fingerprint density at radius 3 is 2.68 bits per heavy atom. The molecule has 1 atom stereocenters. The molecule has 6 heteroatoms. The van der Waals surface area contributed by atoms with Crippen LogP contribution in [-0.2, 0) is 9.53 Å². The lowest BCUT2D eigenvalue weighted by molar-refractivity contribution is -0.145. The minimum Gasteiger partial charge on any atom is -0.454 e. The molecule has 1 aromatic heterocycles. The first-order valence-corrected chi connectivity index (χ1v) is 9.89. The maximum atomic E-state index is 12.2. The molecule has 140 valence electrons. The molecule has 0 saturated heterocycles. The number of nitrogens with one attached hydrogen (secondary N) is 1. The van der Waals surface area contributed by atoms with Crippen LogP contribution in [-0.4, -0.2) is 21.7 Å². The lowest BCUT2D eigenvalue weighted by atomic mass is 10.1. The fourth-order valence-corrected chi connectivity index (χ4v) is 3.71. The van der Waals surface area contributed by atoms with Gasteiger partial charge in [-0.25, -0.2) is 4.98 Å². The average Bonchev–Trinajstić information content (AvgIpc) is 2.72. The van der Waals surface area contributed by atoms with E-state index in [0.717, 1.165) is 15.7 Å². The number of fused-ring (bicyclic) bond motifs is 2. The number of aromatic amines is 1. The Bertz CT molecular complexity index is 1220. The highest BCUT2D eigenvalue weighted by Gasteiger charge is 2.16. The summed E-state index contributed by atoms with van der Waals surface area (Å²) in [6, 6.07) is 21.2. The first-order valence-electron chi connectivity index (χ1n) is 8.90. The molecule has 3 aromatic carbocycles. The molecular weight excluding hydrogens is 372 g/mol. The SMILES string of the molecule is CC(OC(=O)CSc1ccc2ccccc2c1)c1nc2ccccc2c(=O)[nH]1. The fourth-order valence-electron chi connectivity index (χ4n) is 2.98. The number of esters is 1. The third kappa shape index (κ3) is 3.92. The Balaban J connectivity index is 1.42. The van der Waals surface area contributed by atoms with Crippen LogP contribution >= 0.6 is 11.8 Å². The largest absolute Gasteiger partial charge is 0.454 e. The Kier molecular flexibility index (Phi) is 5.12. The normalized spacial score (nSPS) is 12.2. The molecule has 0 radical (unpaired) electrons. The van der Waals surface area contributed by atoms with Crippen molar-refractivity contribution in [2.75, 3.05) is 5.75 Å². The van der Waals surface area contributed by atoms with Gasteiger partial charge in [0, 0.05) is 4.90 Å². The molecule has 0 amide bonds. The van der Waals surface area contributed by atoms with Gasteiger partial charge in [-0.15, -0.1) is 11.8 Å². The van der Waals surface area contributed by atoms with Gasteiger partial charge in [0.2, 0.25) is 0 Å². The van der Waals surface area contributed by atoms with E-state index in [1.54, 1.807) is 25.1 Å². The monoisotopic (exact) mass is 390 g/mol. The van der Waals surface area contributed by atoms with Gasteiger partial charge in [-0.05, 0) is 42.0 Å². The van der Waals surface area contributed by atoms with E-state index in [-0.39, 0.29) is 17.3 Å². The van der Waals surface area contributed by atoms with Gasteiger partial charge in [-0.1, -0.05) is 42.5 Å². The molecule has 4 rings (SSSR count). The predicted molar refractivity (Wildman–Crippen MR) is 112 cm³/mol. The van der Waals surface area contributed by atoms with Crippen LogP contribution in [0.1, 0.15) is 18.9 Å². The van der Waals surface area contributed by atoms with Gasteiger partial charge in [0.05, 0.1) is 16.7 Å². The third-order valence-electron chi connectivity index (χ3n) is 4.40. The van der Waals surface area contributed by atoms with Crippen molar-refractivity contribution in [3.05, 3.63) is 82.9 Å². The first-order chi connectivity index (χ1) is 13.6. The van der Waals surface area contributed by atoms with E-state index in [4.69, 9.17) is 4.74 Å². The number of thioether (sulfide) groups is 1. The van der Waals surface area contributed by atoms with Crippen molar-refractivity contribution in [1.29, 1.82) is 0 Å². The van der Waals surface area contributed by atoms with Gasteiger partial charge >= 0.3 is 5.97 Å². The molecule has 0 bridgehead atoms. The van der Waals surface area contributed by atoms with Crippen molar-refractivity contribution in [3.8, 4) is 0 Å². The van der Waals surface area contributed by atoms with Crippen LogP contribution in [0.3, 0.4) is 0 Å². The molecule has 0 aliphatic carbocycles. The van der Waals surface area contributed by atoms with Crippen LogP contribution in [0.5, 0.6) is 0 Å². The maximum Gasteiger partial charge on any atom is 0.316 e. The zero-order valence-electron chi connectivity index (χ0n) is 15.2. The minimum atomic E-state index is -0.637. The Hall–Kier alpha value is -3.12. The van der Waals surface area contributed by atoms with Crippen molar-refractivity contribution < 1.29 is 9.53 Å². The van der Waals surface area contributed by atoms with Gasteiger partial charge in [-0.3, -0.25) is 9.59 Å². The summed E-state index contributed by atoms with van der Waals surface area (Å²) in [5, 5.41) is 2.80. The lowest BCUT2D eigenvalue weighted by Crippen LogP contribution is -2.18. The second kappa shape index (κ2) is 7.86. The molecular formula is C22H18N2O3S. The second-order valence-electron chi connectivity index (χ2n) is 6.40. The summed E-state index contributed by atoms with van der Waals surface area (Å²) in [6.45, 7) is 1.70. The van der Waals surface area contributed by atoms with E-state index >= 15 is 0 Å². The molecule has 5 nitrogen and oxygen atoms in total.